The van der Waals surface area contributed by atoms with E-state index in [1.165, 1.54) is 18.2 Å². The summed E-state index contributed by atoms with van der Waals surface area (Å²) < 4.78 is 27.4. The Balaban J connectivity index is 3.09. The van der Waals surface area contributed by atoms with Crippen LogP contribution < -0.4 is 4.72 Å². The van der Waals surface area contributed by atoms with Crippen molar-refractivity contribution < 1.29 is 13.3 Å². The lowest BCUT2D eigenvalue weighted by molar-refractivity contribution is -0.387. The van der Waals surface area contributed by atoms with Crippen LogP contribution in [0.2, 0.25) is 0 Å². The maximum Gasteiger partial charge on any atom is 0.289 e. The number of rotatable bonds is 7. The van der Waals surface area contributed by atoms with Crippen molar-refractivity contribution in [1.82, 2.24) is 4.72 Å². The van der Waals surface area contributed by atoms with E-state index in [2.05, 4.69) is 20.7 Å². The highest BCUT2D eigenvalue weighted by molar-refractivity contribution is 9.10. The fourth-order valence-corrected chi connectivity index (χ4v) is 4.11. The maximum absolute atomic E-state index is 12.2. The lowest BCUT2D eigenvalue weighted by Crippen LogP contribution is -2.33. The highest BCUT2D eigenvalue weighted by Gasteiger charge is 2.27. The summed E-state index contributed by atoms with van der Waals surface area (Å²) in [5.74, 6) is 0.810. The van der Waals surface area contributed by atoms with E-state index in [1.54, 1.807) is 18.7 Å². The molecular weight excluding hydrogens is 368 g/mol. The minimum Gasteiger partial charge on any atom is -0.258 e. The van der Waals surface area contributed by atoms with Gasteiger partial charge in [0.05, 0.1) is 4.92 Å². The van der Waals surface area contributed by atoms with Crippen molar-refractivity contribution in [2.45, 2.75) is 24.3 Å². The first-order valence-electron chi connectivity index (χ1n) is 5.73. The minimum atomic E-state index is -3.92. The highest BCUT2D eigenvalue weighted by atomic mass is 79.9. The summed E-state index contributed by atoms with van der Waals surface area (Å²) >= 11 is 4.74. The van der Waals surface area contributed by atoms with Crippen molar-refractivity contribution >= 4 is 43.4 Å². The fourth-order valence-electron chi connectivity index (χ4n) is 1.54. The van der Waals surface area contributed by atoms with Gasteiger partial charge in [0.1, 0.15) is 0 Å². The molecule has 0 aliphatic heterocycles. The van der Waals surface area contributed by atoms with E-state index in [1.807, 2.05) is 6.26 Å². The molecule has 1 aromatic rings. The van der Waals surface area contributed by atoms with Crippen LogP contribution in [0.3, 0.4) is 0 Å². The summed E-state index contributed by atoms with van der Waals surface area (Å²) in [5, 5.41) is 10.9. The van der Waals surface area contributed by atoms with Crippen LogP contribution in [0, 0.1) is 10.1 Å². The molecule has 0 bridgehead atoms. The number of thioether (sulfide) groups is 1. The lowest BCUT2D eigenvalue weighted by atomic mass is 10.3. The molecule has 0 spiro atoms. The van der Waals surface area contributed by atoms with Gasteiger partial charge in [0.15, 0.2) is 4.90 Å². The van der Waals surface area contributed by atoms with E-state index in [-0.39, 0.29) is 10.9 Å². The molecule has 112 valence electrons. The molecule has 0 saturated heterocycles. The van der Waals surface area contributed by atoms with E-state index < -0.39 is 20.6 Å². The molecule has 0 heterocycles. The van der Waals surface area contributed by atoms with E-state index in [0.29, 0.717) is 10.9 Å². The number of halogens is 1. The maximum atomic E-state index is 12.2. The first kappa shape index (κ1) is 17.4. The van der Waals surface area contributed by atoms with Crippen LogP contribution >= 0.6 is 27.7 Å². The van der Waals surface area contributed by atoms with E-state index in [4.69, 9.17) is 0 Å². The van der Waals surface area contributed by atoms with Crippen LogP contribution in [0.5, 0.6) is 0 Å². The molecule has 0 aliphatic rings. The summed E-state index contributed by atoms with van der Waals surface area (Å²) in [7, 11) is -3.92. The molecule has 1 aromatic carbocycles. The summed E-state index contributed by atoms with van der Waals surface area (Å²) in [6, 6.07) is 3.56. The van der Waals surface area contributed by atoms with Crippen molar-refractivity contribution in [3.05, 3.63) is 32.8 Å². The van der Waals surface area contributed by atoms with Crippen LogP contribution in [-0.4, -0.2) is 31.4 Å². The summed E-state index contributed by atoms with van der Waals surface area (Å²) in [6.45, 7) is 1.73. The van der Waals surface area contributed by atoms with Gasteiger partial charge in [0.25, 0.3) is 5.69 Å². The van der Waals surface area contributed by atoms with E-state index >= 15 is 0 Å². The van der Waals surface area contributed by atoms with Crippen molar-refractivity contribution in [1.29, 1.82) is 0 Å². The van der Waals surface area contributed by atoms with Crippen molar-refractivity contribution in [2.24, 2.45) is 0 Å². The fraction of sp³-hybridized carbons (Fsp3) is 0.455. The number of sulfonamides is 1. The highest BCUT2D eigenvalue weighted by Crippen LogP contribution is 2.27. The second-order valence-electron chi connectivity index (χ2n) is 4.17. The molecule has 1 atom stereocenters. The van der Waals surface area contributed by atoms with Gasteiger partial charge in [0.2, 0.25) is 10.0 Å². The van der Waals surface area contributed by atoms with Gasteiger partial charge < -0.3 is 0 Å². The van der Waals surface area contributed by atoms with Crippen LogP contribution in [0.4, 0.5) is 5.69 Å². The van der Waals surface area contributed by atoms with Crippen LogP contribution in [0.15, 0.2) is 27.6 Å². The Hall–Kier alpha value is -0.640. The normalized spacial score (nSPS) is 13.2. The lowest BCUT2D eigenvalue weighted by Gasteiger charge is -2.13. The zero-order valence-electron chi connectivity index (χ0n) is 11.0. The monoisotopic (exact) mass is 382 g/mol. The summed E-state index contributed by atoms with van der Waals surface area (Å²) in [5.41, 5.74) is -0.433. The van der Waals surface area contributed by atoms with Crippen molar-refractivity contribution in [3.63, 3.8) is 0 Å². The first-order valence-corrected chi connectivity index (χ1v) is 9.40. The standard InChI is InChI=1S/C11H15BrN2O4S2/c1-8(5-6-19-2)13-20(17,18)11-7-9(12)3-4-10(11)14(15)16/h3-4,7-8,13H,5-6H2,1-2H3. The predicted octanol–water partition coefficient (Wildman–Crippen LogP) is 2.78. The van der Waals surface area contributed by atoms with Gasteiger partial charge >= 0.3 is 0 Å². The summed E-state index contributed by atoms with van der Waals surface area (Å²) in [4.78, 5) is 9.91. The quantitative estimate of drug-likeness (QED) is 0.578. The van der Waals surface area contributed by atoms with Gasteiger partial charge in [-0.2, -0.15) is 11.8 Å². The zero-order chi connectivity index (χ0) is 15.3. The van der Waals surface area contributed by atoms with Crippen molar-refractivity contribution in [2.75, 3.05) is 12.0 Å². The molecule has 20 heavy (non-hydrogen) atoms. The Morgan fingerprint density at radius 1 is 1.50 bits per heavy atom. The number of hydrogen-bond acceptors (Lipinski definition) is 5. The van der Waals surface area contributed by atoms with Crippen LogP contribution in [0.25, 0.3) is 0 Å². The average Bonchev–Trinajstić information content (AvgIpc) is 2.35. The Kier molecular flexibility index (Phi) is 6.44. The van der Waals surface area contributed by atoms with Crippen LogP contribution in [0.1, 0.15) is 13.3 Å². The Bertz CT molecular complexity index is 592. The Morgan fingerprint density at radius 3 is 2.70 bits per heavy atom. The minimum absolute atomic E-state index is 0.286. The molecule has 0 aliphatic carbocycles. The van der Waals surface area contributed by atoms with E-state index in [9.17, 15) is 18.5 Å². The Morgan fingerprint density at radius 2 is 2.15 bits per heavy atom. The molecular formula is C11H15BrN2O4S2. The number of nitrogens with one attached hydrogen (secondary N) is 1. The van der Waals surface area contributed by atoms with Gasteiger partial charge in [-0.15, -0.1) is 0 Å². The zero-order valence-corrected chi connectivity index (χ0v) is 14.2. The first-order chi connectivity index (χ1) is 9.27. The third kappa shape index (κ3) is 4.72. The molecule has 0 radical (unpaired) electrons. The SMILES string of the molecule is CSCCC(C)NS(=O)(=O)c1cc(Br)ccc1[N+](=O)[O-]. The average molecular weight is 383 g/mol. The largest absolute Gasteiger partial charge is 0.289 e. The molecule has 0 saturated carbocycles. The van der Waals surface area contributed by atoms with E-state index in [0.717, 1.165) is 5.75 Å². The molecule has 1 unspecified atom stereocenters. The van der Waals surface area contributed by atoms with Gasteiger partial charge in [-0.3, -0.25) is 10.1 Å². The Labute approximate surface area is 130 Å². The number of hydrogen-bond donors (Lipinski definition) is 1. The molecule has 0 aromatic heterocycles. The second kappa shape index (κ2) is 7.39. The predicted molar refractivity (Wildman–Crippen MR) is 83.6 cm³/mol. The smallest absolute Gasteiger partial charge is 0.258 e. The third-order valence-corrected chi connectivity index (χ3v) is 5.28. The third-order valence-electron chi connectivity index (χ3n) is 2.52. The topological polar surface area (TPSA) is 89.3 Å². The number of nitro groups is 1. The summed E-state index contributed by atoms with van der Waals surface area (Å²) in [6.07, 6.45) is 2.59. The molecule has 6 nitrogen and oxygen atoms in total. The van der Waals surface area contributed by atoms with Crippen LogP contribution in [-0.2, 0) is 10.0 Å². The molecule has 9 heteroatoms. The molecule has 1 rings (SSSR count). The molecule has 0 amide bonds. The number of benzene rings is 1. The van der Waals surface area contributed by atoms with Gasteiger partial charge in [-0.05, 0) is 37.5 Å². The van der Waals surface area contributed by atoms with Gasteiger partial charge in [-0.25, -0.2) is 13.1 Å². The number of nitrogens with zero attached hydrogens (tertiary/aromatic N) is 1. The molecule has 0 fully saturated rings. The second-order valence-corrected chi connectivity index (χ2v) is 7.76. The number of nitro benzene ring substituents is 1. The van der Waals surface area contributed by atoms with Crippen molar-refractivity contribution in [3.8, 4) is 0 Å². The van der Waals surface area contributed by atoms with Gasteiger partial charge in [-0.1, -0.05) is 15.9 Å². The molecule has 1 N–H and O–H groups in total. The van der Waals surface area contributed by atoms with Gasteiger partial charge in [0, 0.05) is 16.6 Å².